The van der Waals surface area contributed by atoms with Crippen molar-refractivity contribution >= 4 is 28.3 Å². The van der Waals surface area contributed by atoms with Gasteiger partial charge >= 0.3 is 0 Å². The molecular weight excluding hydrogens is 468 g/mol. The molecule has 0 spiro atoms. The van der Waals surface area contributed by atoms with Gasteiger partial charge in [-0.1, -0.05) is 16.8 Å². The van der Waals surface area contributed by atoms with Crippen molar-refractivity contribution in [2.45, 2.75) is 18.9 Å². The zero-order valence-electron chi connectivity index (χ0n) is 19.3. The Kier molecular flexibility index (Phi) is 5.39. The first-order valence-corrected chi connectivity index (χ1v) is 11.8. The van der Waals surface area contributed by atoms with E-state index in [1.54, 1.807) is 25.3 Å². The van der Waals surface area contributed by atoms with Crippen LogP contribution in [0.15, 0.2) is 53.1 Å². The van der Waals surface area contributed by atoms with Crippen molar-refractivity contribution in [3.8, 4) is 28.6 Å². The number of aromatic nitrogens is 1. The van der Waals surface area contributed by atoms with Crippen LogP contribution in [0.4, 0.5) is 0 Å². The first-order valence-electron chi connectivity index (χ1n) is 11.4. The van der Waals surface area contributed by atoms with E-state index in [2.05, 4.69) is 10.1 Å². The van der Waals surface area contributed by atoms with E-state index in [0.717, 1.165) is 35.0 Å². The lowest BCUT2D eigenvalue weighted by molar-refractivity contribution is 0.0925. The van der Waals surface area contributed by atoms with Crippen molar-refractivity contribution in [2.24, 2.45) is 0 Å². The van der Waals surface area contributed by atoms with Crippen molar-refractivity contribution in [3.63, 3.8) is 0 Å². The number of carbonyl (C=O) groups excluding carboxylic acids is 1. The number of nitrogens with zero attached hydrogens (tertiary/aromatic N) is 2. The first kappa shape index (κ1) is 21.9. The third-order valence-corrected chi connectivity index (χ3v) is 7.08. The summed E-state index contributed by atoms with van der Waals surface area (Å²) in [6.07, 6.45) is 1.15. The molecule has 35 heavy (non-hydrogen) atoms. The van der Waals surface area contributed by atoms with Gasteiger partial charge in [0.2, 0.25) is 12.5 Å². The molecule has 178 valence electrons. The third-order valence-electron chi connectivity index (χ3n) is 6.83. The van der Waals surface area contributed by atoms with Gasteiger partial charge in [-0.2, -0.15) is 0 Å². The molecule has 0 aliphatic carbocycles. The highest BCUT2D eigenvalue weighted by atomic mass is 35.5. The predicted octanol–water partition coefficient (Wildman–Crippen LogP) is 5.69. The maximum atomic E-state index is 13.6. The standard InChI is InChI=1S/C27H23ClN2O5/c1-30-10-9-17-12-23-26(34-14-33-23)27(32-2)24(17)21(30)13-22(31)16-5-8-20-19(11-16)25(35-29-20)15-3-6-18(28)7-4-15/h3-8,11-12,21H,9-10,13-14H2,1-2H3. The molecule has 0 fully saturated rings. The van der Waals surface area contributed by atoms with Crippen LogP contribution >= 0.6 is 11.6 Å². The van der Waals surface area contributed by atoms with Crippen molar-refractivity contribution in [1.29, 1.82) is 0 Å². The van der Waals surface area contributed by atoms with E-state index < -0.39 is 0 Å². The summed E-state index contributed by atoms with van der Waals surface area (Å²) in [6, 6.07) is 14.7. The summed E-state index contributed by atoms with van der Waals surface area (Å²) in [7, 11) is 3.66. The third kappa shape index (κ3) is 3.72. The van der Waals surface area contributed by atoms with Crippen LogP contribution < -0.4 is 14.2 Å². The number of carbonyl (C=O) groups is 1. The van der Waals surface area contributed by atoms with E-state index >= 15 is 0 Å². The Bertz CT molecular complexity index is 1450. The Labute approximate surface area is 207 Å². The number of benzene rings is 3. The number of hydrogen-bond donors (Lipinski definition) is 0. The van der Waals surface area contributed by atoms with Gasteiger partial charge in [0.1, 0.15) is 5.52 Å². The van der Waals surface area contributed by atoms with E-state index in [0.29, 0.717) is 45.5 Å². The fourth-order valence-electron chi connectivity index (χ4n) is 5.00. The monoisotopic (exact) mass is 490 g/mol. The second kappa shape index (κ2) is 8.59. The molecule has 0 bridgehead atoms. The number of Topliss-reactive ketones (excluding diaryl/α,β-unsaturated/α-hetero) is 1. The van der Waals surface area contributed by atoms with Crippen LogP contribution in [-0.2, 0) is 6.42 Å². The number of rotatable bonds is 5. The van der Waals surface area contributed by atoms with E-state index in [-0.39, 0.29) is 18.6 Å². The van der Waals surface area contributed by atoms with Gasteiger partial charge < -0.3 is 18.7 Å². The average molecular weight is 491 g/mol. The number of fused-ring (bicyclic) bond motifs is 3. The van der Waals surface area contributed by atoms with E-state index in [1.165, 1.54) is 0 Å². The second-order valence-corrected chi connectivity index (χ2v) is 9.28. The molecule has 3 heterocycles. The Morgan fingerprint density at radius 2 is 2.00 bits per heavy atom. The van der Waals surface area contributed by atoms with Gasteiger partial charge in [0, 0.05) is 40.7 Å². The zero-order chi connectivity index (χ0) is 24.1. The van der Waals surface area contributed by atoms with Gasteiger partial charge in [0.25, 0.3) is 0 Å². The summed E-state index contributed by atoms with van der Waals surface area (Å²) in [6.45, 7) is 1.00. The minimum atomic E-state index is -0.149. The van der Waals surface area contributed by atoms with Gasteiger partial charge in [0.15, 0.2) is 23.0 Å². The van der Waals surface area contributed by atoms with Crippen LogP contribution in [-0.4, -0.2) is 43.3 Å². The van der Waals surface area contributed by atoms with Crippen LogP contribution in [0.2, 0.25) is 5.02 Å². The molecule has 2 aliphatic heterocycles. The van der Waals surface area contributed by atoms with E-state index in [9.17, 15) is 4.79 Å². The van der Waals surface area contributed by atoms with Gasteiger partial charge in [-0.25, -0.2) is 0 Å². The molecule has 4 aromatic rings. The molecule has 6 rings (SSSR count). The molecule has 1 aromatic heterocycles. The zero-order valence-corrected chi connectivity index (χ0v) is 20.1. The fraction of sp³-hybridized carbons (Fsp3) is 0.259. The first-order chi connectivity index (χ1) is 17.0. The molecular formula is C27H23ClN2O5. The quantitative estimate of drug-likeness (QED) is 0.333. The smallest absolute Gasteiger partial charge is 0.231 e. The molecule has 3 aromatic carbocycles. The summed E-state index contributed by atoms with van der Waals surface area (Å²) in [5.74, 6) is 2.60. The molecule has 0 radical (unpaired) electrons. The van der Waals surface area contributed by atoms with Crippen molar-refractivity contribution in [2.75, 3.05) is 27.5 Å². The normalized spacial score (nSPS) is 16.9. The molecule has 1 atom stereocenters. The number of halogens is 1. The van der Waals surface area contributed by atoms with Crippen LogP contribution in [0.3, 0.4) is 0 Å². The van der Waals surface area contributed by atoms with Crippen LogP contribution in [0.25, 0.3) is 22.2 Å². The van der Waals surface area contributed by atoms with Gasteiger partial charge in [-0.05, 0) is 67.6 Å². The van der Waals surface area contributed by atoms with Crippen LogP contribution in [0.5, 0.6) is 17.2 Å². The van der Waals surface area contributed by atoms with Crippen molar-refractivity contribution < 1.29 is 23.5 Å². The summed E-state index contributed by atoms with van der Waals surface area (Å²) >= 11 is 6.03. The molecule has 7 nitrogen and oxygen atoms in total. The number of hydrogen-bond acceptors (Lipinski definition) is 7. The van der Waals surface area contributed by atoms with Gasteiger partial charge in [0.05, 0.1) is 12.5 Å². The largest absolute Gasteiger partial charge is 0.492 e. The fourth-order valence-corrected chi connectivity index (χ4v) is 5.13. The maximum Gasteiger partial charge on any atom is 0.231 e. The maximum absolute atomic E-state index is 13.6. The van der Waals surface area contributed by atoms with E-state index in [4.69, 9.17) is 30.3 Å². The Hall–Kier alpha value is -3.55. The topological polar surface area (TPSA) is 74.0 Å². The Morgan fingerprint density at radius 1 is 1.17 bits per heavy atom. The summed E-state index contributed by atoms with van der Waals surface area (Å²) in [5, 5.41) is 5.59. The highest BCUT2D eigenvalue weighted by Crippen LogP contribution is 2.50. The molecule has 0 saturated heterocycles. The van der Waals surface area contributed by atoms with Gasteiger partial charge in [-0.3, -0.25) is 9.69 Å². The van der Waals surface area contributed by atoms with Gasteiger partial charge in [-0.15, -0.1) is 0 Å². The summed E-state index contributed by atoms with van der Waals surface area (Å²) < 4.78 is 22.7. The molecule has 0 N–H and O–H groups in total. The summed E-state index contributed by atoms with van der Waals surface area (Å²) in [5.41, 5.74) is 4.27. The predicted molar refractivity (Wildman–Crippen MR) is 132 cm³/mol. The second-order valence-electron chi connectivity index (χ2n) is 8.84. The molecule has 8 heteroatoms. The highest BCUT2D eigenvalue weighted by Gasteiger charge is 2.35. The van der Waals surface area contributed by atoms with Crippen molar-refractivity contribution in [1.82, 2.24) is 10.1 Å². The molecule has 0 saturated carbocycles. The van der Waals surface area contributed by atoms with Crippen molar-refractivity contribution in [3.05, 3.63) is 70.2 Å². The lowest BCUT2D eigenvalue weighted by atomic mass is 9.87. The van der Waals surface area contributed by atoms with Crippen LogP contribution in [0.1, 0.15) is 33.9 Å². The lowest BCUT2D eigenvalue weighted by Crippen LogP contribution is -2.34. The Morgan fingerprint density at radius 3 is 2.80 bits per heavy atom. The number of ether oxygens (including phenoxy) is 3. The average Bonchev–Trinajstić information content (AvgIpc) is 3.51. The lowest BCUT2D eigenvalue weighted by Gasteiger charge is -2.35. The van der Waals surface area contributed by atoms with Crippen LogP contribution in [0, 0.1) is 0 Å². The highest BCUT2D eigenvalue weighted by molar-refractivity contribution is 6.30. The summed E-state index contributed by atoms with van der Waals surface area (Å²) in [4.78, 5) is 15.8. The SMILES string of the molecule is COc1c2c(cc3c1C(CC(=O)c1ccc4noc(-c5ccc(Cl)cc5)c4c1)N(C)CC3)OCO2. The number of likely N-dealkylation sites (N-methyl/N-ethyl adjacent to an activating group) is 1. The molecule has 2 aliphatic rings. The molecule has 0 amide bonds. The minimum Gasteiger partial charge on any atom is -0.492 e. The molecule has 1 unspecified atom stereocenters. The number of methoxy groups -OCH3 is 1. The minimum absolute atomic E-state index is 0.0274. The van der Waals surface area contributed by atoms with E-state index in [1.807, 2.05) is 37.4 Å². The Balaban J connectivity index is 1.36. The number of ketones is 1.